The molecule has 0 amide bonds. The second-order valence-electron chi connectivity index (χ2n) is 14.1. The number of benzene rings is 1. The van der Waals surface area contributed by atoms with Crippen LogP contribution in [0.2, 0.25) is 0 Å². The van der Waals surface area contributed by atoms with Crippen LogP contribution in [-0.2, 0) is 43.0 Å². The molecule has 3 N–H and O–H groups in total. The SMILES string of the molecule is CC(C)(C)OC(Cc1ccccc1)(C(=O)O)c1nnn(C(C)(C)C)n1.CC(C)(C)OC(Cc1csc(C(=O)O)c1)(C(=O)O)C1=NCN=N1. The molecule has 2 unspecified atom stereocenters. The fourth-order valence-electron chi connectivity index (χ4n) is 4.65. The molecule has 0 bridgehead atoms. The number of hydrogen-bond donors (Lipinski definition) is 3. The van der Waals surface area contributed by atoms with Crippen molar-refractivity contribution in [3.8, 4) is 0 Å². The van der Waals surface area contributed by atoms with Crippen molar-refractivity contribution in [1.29, 1.82) is 0 Å². The van der Waals surface area contributed by atoms with Gasteiger partial charge in [0.05, 0.1) is 16.7 Å². The first-order chi connectivity index (χ1) is 22.1. The minimum atomic E-state index is -1.81. The van der Waals surface area contributed by atoms with E-state index in [0.717, 1.165) is 16.9 Å². The first-order valence-corrected chi connectivity index (χ1v) is 15.9. The summed E-state index contributed by atoms with van der Waals surface area (Å²) in [5, 5.41) is 50.4. The average Bonchev–Trinajstić information content (AvgIpc) is 3.74. The molecule has 0 saturated heterocycles. The normalized spacial score (nSPS) is 15.9. The maximum Gasteiger partial charge on any atom is 0.345 e. The lowest BCUT2D eigenvalue weighted by atomic mass is 9.92. The average molecular weight is 686 g/mol. The molecule has 0 saturated carbocycles. The van der Waals surface area contributed by atoms with Crippen molar-refractivity contribution in [2.75, 3.05) is 6.67 Å². The van der Waals surface area contributed by atoms with Gasteiger partial charge in [0.1, 0.15) is 4.88 Å². The molecule has 3 heterocycles. The highest BCUT2D eigenvalue weighted by molar-refractivity contribution is 7.12. The lowest BCUT2D eigenvalue weighted by molar-refractivity contribution is -0.189. The van der Waals surface area contributed by atoms with Crippen molar-refractivity contribution in [2.24, 2.45) is 15.2 Å². The summed E-state index contributed by atoms with van der Waals surface area (Å²) in [5.41, 5.74) is -4.07. The van der Waals surface area contributed by atoms with Gasteiger partial charge in [-0.15, -0.1) is 26.6 Å². The van der Waals surface area contributed by atoms with Crippen LogP contribution in [0.1, 0.15) is 88.9 Å². The highest BCUT2D eigenvalue weighted by Gasteiger charge is 2.51. The Bertz CT molecular complexity index is 1670. The van der Waals surface area contributed by atoms with Crippen LogP contribution in [0, 0.1) is 0 Å². The lowest BCUT2D eigenvalue weighted by Gasteiger charge is -2.34. The summed E-state index contributed by atoms with van der Waals surface area (Å²) in [7, 11) is 0. The summed E-state index contributed by atoms with van der Waals surface area (Å²) >= 11 is 1.03. The fraction of sp³-hybridized carbons (Fsp3) is 0.531. The van der Waals surface area contributed by atoms with Crippen LogP contribution in [0.4, 0.5) is 0 Å². The van der Waals surface area contributed by atoms with Gasteiger partial charge in [-0.05, 0) is 90.1 Å². The first-order valence-electron chi connectivity index (χ1n) is 15.0. The topological polar surface area (TPSA) is 211 Å². The van der Waals surface area contributed by atoms with Crippen LogP contribution in [0.25, 0.3) is 0 Å². The minimum absolute atomic E-state index is 0.0111. The molecule has 0 aliphatic carbocycles. The molecule has 48 heavy (non-hydrogen) atoms. The predicted molar refractivity (Wildman–Crippen MR) is 176 cm³/mol. The van der Waals surface area contributed by atoms with Crippen molar-refractivity contribution in [3.63, 3.8) is 0 Å². The number of ether oxygens (including phenoxy) is 2. The molecule has 3 aromatic rings. The van der Waals surface area contributed by atoms with Gasteiger partial charge in [0, 0.05) is 12.8 Å². The first kappa shape index (κ1) is 38.0. The Hall–Kier alpha value is -4.41. The lowest BCUT2D eigenvalue weighted by Crippen LogP contribution is -2.53. The van der Waals surface area contributed by atoms with Gasteiger partial charge in [-0.2, -0.15) is 9.91 Å². The van der Waals surface area contributed by atoms with E-state index < -0.39 is 45.9 Å². The summed E-state index contributed by atoms with van der Waals surface area (Å²) in [5.74, 6) is -3.40. The summed E-state index contributed by atoms with van der Waals surface area (Å²) in [6.07, 6.45) is 0.0253. The third kappa shape index (κ3) is 9.58. The summed E-state index contributed by atoms with van der Waals surface area (Å²) in [6.45, 7) is 16.4. The number of thiophene rings is 1. The second kappa shape index (κ2) is 14.4. The Balaban J connectivity index is 0.000000261. The smallest absolute Gasteiger partial charge is 0.345 e. The molecular weight excluding hydrogens is 642 g/mol. The van der Waals surface area contributed by atoms with Crippen molar-refractivity contribution >= 4 is 35.1 Å². The van der Waals surface area contributed by atoms with Crippen molar-refractivity contribution in [1.82, 2.24) is 20.2 Å². The van der Waals surface area contributed by atoms with Crippen LogP contribution >= 0.6 is 11.3 Å². The van der Waals surface area contributed by atoms with Gasteiger partial charge >= 0.3 is 17.9 Å². The molecule has 2 aromatic heterocycles. The number of aliphatic carboxylic acids is 2. The zero-order valence-corrected chi connectivity index (χ0v) is 29.4. The number of aromatic carboxylic acids is 1. The zero-order valence-electron chi connectivity index (χ0n) is 28.6. The molecule has 260 valence electrons. The molecular formula is C32H43N7O8S. The van der Waals surface area contributed by atoms with E-state index in [1.165, 1.54) is 10.9 Å². The maximum atomic E-state index is 12.3. The Kier molecular flexibility index (Phi) is 11.4. The van der Waals surface area contributed by atoms with E-state index in [2.05, 4.69) is 30.6 Å². The molecule has 0 fully saturated rings. The number of rotatable bonds is 11. The second-order valence-corrected chi connectivity index (χ2v) is 15.0. The van der Waals surface area contributed by atoms with Crippen LogP contribution in [0.3, 0.4) is 0 Å². The van der Waals surface area contributed by atoms with Gasteiger partial charge in [0.25, 0.3) is 0 Å². The molecule has 16 heteroatoms. The molecule has 15 nitrogen and oxygen atoms in total. The Morgan fingerprint density at radius 1 is 0.833 bits per heavy atom. The third-order valence-corrected chi connectivity index (χ3v) is 7.42. The Labute approximate surface area is 282 Å². The highest BCUT2D eigenvalue weighted by Crippen LogP contribution is 2.34. The number of carboxylic acid groups (broad SMARTS) is 3. The molecule has 1 aromatic carbocycles. The van der Waals surface area contributed by atoms with E-state index in [1.807, 2.05) is 71.9 Å². The maximum absolute atomic E-state index is 12.3. The van der Waals surface area contributed by atoms with Gasteiger partial charge in [-0.1, -0.05) is 30.3 Å². The number of nitrogens with zero attached hydrogens (tertiary/aromatic N) is 7. The van der Waals surface area contributed by atoms with Crippen LogP contribution < -0.4 is 0 Å². The highest BCUT2D eigenvalue weighted by atomic mass is 32.1. The van der Waals surface area contributed by atoms with E-state index in [-0.39, 0.29) is 36.0 Å². The number of azo groups is 1. The molecule has 0 radical (unpaired) electrons. The standard InChI is InChI=1S/C18H26N4O3.C14H17N3O5S/c1-16(2,3)22-20-14(19-21-22)18(15(23)24,25-17(4,5)6)12-13-10-8-7-9-11-13;1-13(2,3)22-14(12(20)21,11-15-7-16-17-11)5-8-4-9(10(18)19)23-6-8/h7-11H,12H2,1-6H3,(H,23,24);4,6H,5,7H2,1-3H3,(H,18,19)(H,20,21). The molecule has 0 spiro atoms. The number of carbonyl (C=O) groups is 3. The predicted octanol–water partition coefficient (Wildman–Crippen LogP) is 5.21. The van der Waals surface area contributed by atoms with Gasteiger partial charge in [-0.25, -0.2) is 19.4 Å². The Morgan fingerprint density at radius 2 is 1.40 bits per heavy atom. The Morgan fingerprint density at radius 3 is 1.83 bits per heavy atom. The van der Waals surface area contributed by atoms with Crippen LogP contribution in [-0.4, -0.2) is 82.7 Å². The fourth-order valence-corrected chi connectivity index (χ4v) is 5.40. The van der Waals surface area contributed by atoms with Crippen LogP contribution in [0.5, 0.6) is 0 Å². The van der Waals surface area contributed by atoms with Crippen molar-refractivity contribution in [3.05, 3.63) is 63.6 Å². The zero-order chi connectivity index (χ0) is 36.1. The largest absolute Gasteiger partial charge is 0.479 e. The molecule has 4 rings (SSSR count). The van der Waals surface area contributed by atoms with E-state index in [9.17, 15) is 24.6 Å². The number of aromatic nitrogens is 4. The van der Waals surface area contributed by atoms with E-state index in [0.29, 0.717) is 5.56 Å². The number of carboxylic acids is 3. The van der Waals surface area contributed by atoms with Crippen LogP contribution in [0.15, 0.2) is 57.0 Å². The third-order valence-electron chi connectivity index (χ3n) is 6.45. The number of amidine groups is 1. The quantitative estimate of drug-likeness (QED) is 0.238. The molecule has 1 aliphatic heterocycles. The van der Waals surface area contributed by atoms with E-state index in [4.69, 9.17) is 14.6 Å². The monoisotopic (exact) mass is 685 g/mol. The van der Waals surface area contributed by atoms with Gasteiger partial charge in [0.15, 0.2) is 12.5 Å². The van der Waals surface area contributed by atoms with E-state index in [1.54, 1.807) is 26.2 Å². The van der Waals surface area contributed by atoms with Gasteiger partial charge in [-0.3, -0.25) is 0 Å². The number of tetrazole rings is 1. The number of hydrogen-bond acceptors (Lipinski definition) is 12. The summed E-state index contributed by atoms with van der Waals surface area (Å²) in [4.78, 5) is 40.9. The van der Waals surface area contributed by atoms with Gasteiger partial charge < -0.3 is 24.8 Å². The van der Waals surface area contributed by atoms with Gasteiger partial charge in [0.2, 0.25) is 17.0 Å². The summed E-state index contributed by atoms with van der Waals surface area (Å²) in [6, 6.07) is 10.8. The minimum Gasteiger partial charge on any atom is -0.479 e. The van der Waals surface area contributed by atoms with Crippen molar-refractivity contribution in [2.45, 2.75) is 103 Å². The summed E-state index contributed by atoms with van der Waals surface area (Å²) < 4.78 is 11.8. The molecule has 2 atom stereocenters. The van der Waals surface area contributed by atoms with E-state index >= 15 is 0 Å². The van der Waals surface area contributed by atoms with Crippen molar-refractivity contribution < 1.29 is 39.2 Å². The number of aliphatic imine (C=N–C) groups is 1. The molecule has 1 aliphatic rings.